The van der Waals surface area contributed by atoms with Crippen LogP contribution in [-0.2, 0) is 16.0 Å². The lowest BCUT2D eigenvalue weighted by atomic mass is 10.0. The molecule has 25 heavy (non-hydrogen) atoms. The molecular formula is C18H27N3O4. The topological polar surface area (TPSA) is 79.9 Å². The predicted molar refractivity (Wildman–Crippen MR) is 94.2 cm³/mol. The Hall–Kier alpha value is -2.28. The van der Waals surface area contributed by atoms with E-state index in [0.717, 1.165) is 32.5 Å². The summed E-state index contributed by atoms with van der Waals surface area (Å²) in [5.74, 6) is 0. The van der Waals surface area contributed by atoms with Crippen LogP contribution in [-0.4, -0.2) is 56.0 Å². The maximum Gasteiger partial charge on any atom is 0.407 e. The molecule has 1 fully saturated rings. The highest BCUT2D eigenvalue weighted by Crippen LogP contribution is 2.13. The third kappa shape index (κ3) is 7.43. The fraction of sp³-hybridized carbons (Fsp3) is 0.556. The number of carbonyl (C=O) groups excluding carboxylic acids is 2. The first-order chi connectivity index (χ1) is 12.2. The van der Waals surface area contributed by atoms with Crippen LogP contribution in [0.5, 0.6) is 0 Å². The van der Waals surface area contributed by atoms with Crippen molar-refractivity contribution in [1.82, 2.24) is 15.5 Å². The maximum absolute atomic E-state index is 11.8. The van der Waals surface area contributed by atoms with E-state index in [0.29, 0.717) is 6.54 Å². The number of ether oxygens (including phenoxy) is 2. The number of hydrogen-bond donors (Lipinski definition) is 2. The highest BCUT2D eigenvalue weighted by molar-refractivity contribution is 5.68. The molecule has 0 saturated carbocycles. The summed E-state index contributed by atoms with van der Waals surface area (Å²) < 4.78 is 9.86. The summed E-state index contributed by atoms with van der Waals surface area (Å²) in [6.45, 7) is 5.24. The molecule has 7 nitrogen and oxygen atoms in total. The fourth-order valence-corrected chi connectivity index (χ4v) is 2.75. The summed E-state index contributed by atoms with van der Waals surface area (Å²) in [6, 6.07) is 10.5. The Morgan fingerprint density at radius 3 is 2.36 bits per heavy atom. The van der Waals surface area contributed by atoms with Crippen molar-refractivity contribution >= 4 is 12.2 Å². The predicted octanol–water partition coefficient (Wildman–Crippen LogP) is 2.12. The number of nitrogens with zero attached hydrogens (tertiary/aromatic N) is 1. The first kappa shape index (κ1) is 19.1. The Balaban J connectivity index is 1.56. The third-order valence-corrected chi connectivity index (χ3v) is 4.03. The maximum atomic E-state index is 11.8. The van der Waals surface area contributed by atoms with E-state index >= 15 is 0 Å². The van der Waals surface area contributed by atoms with Crippen molar-refractivity contribution in [2.45, 2.75) is 32.4 Å². The van der Waals surface area contributed by atoms with Crippen LogP contribution in [0, 0.1) is 0 Å². The van der Waals surface area contributed by atoms with Crippen molar-refractivity contribution in [3.63, 3.8) is 0 Å². The van der Waals surface area contributed by atoms with Gasteiger partial charge in [0, 0.05) is 32.2 Å². The van der Waals surface area contributed by atoms with Gasteiger partial charge in [-0.05, 0) is 25.3 Å². The van der Waals surface area contributed by atoms with E-state index in [9.17, 15) is 9.59 Å². The number of benzene rings is 1. The Morgan fingerprint density at radius 2 is 1.72 bits per heavy atom. The molecule has 2 amide bonds. The first-order valence-corrected chi connectivity index (χ1v) is 8.77. The molecular weight excluding hydrogens is 322 g/mol. The van der Waals surface area contributed by atoms with Gasteiger partial charge in [-0.2, -0.15) is 0 Å². The number of amides is 2. The quantitative estimate of drug-likeness (QED) is 0.737. The zero-order chi connectivity index (χ0) is 17.9. The van der Waals surface area contributed by atoms with Crippen LogP contribution in [0.25, 0.3) is 0 Å². The molecule has 1 aliphatic heterocycles. The largest absolute Gasteiger partial charge is 0.446 e. The Bertz CT molecular complexity index is 530. The number of carbonyl (C=O) groups is 2. The van der Waals surface area contributed by atoms with Gasteiger partial charge in [0.1, 0.15) is 13.2 Å². The molecule has 1 aromatic carbocycles. The SMILES string of the molecule is CCNC(=O)OCCOC(=O)NC1CCN(Cc2ccccc2)CC1. The molecule has 0 aliphatic carbocycles. The van der Waals surface area contributed by atoms with E-state index in [1.54, 1.807) is 6.92 Å². The van der Waals surface area contributed by atoms with Crippen LogP contribution in [0.15, 0.2) is 30.3 Å². The Labute approximate surface area is 148 Å². The zero-order valence-electron chi connectivity index (χ0n) is 14.7. The minimum Gasteiger partial charge on any atom is -0.446 e. The van der Waals surface area contributed by atoms with Crippen LogP contribution in [0.4, 0.5) is 9.59 Å². The van der Waals surface area contributed by atoms with E-state index in [4.69, 9.17) is 9.47 Å². The number of likely N-dealkylation sites (tertiary alicyclic amines) is 1. The molecule has 0 atom stereocenters. The fourth-order valence-electron chi connectivity index (χ4n) is 2.75. The zero-order valence-corrected chi connectivity index (χ0v) is 14.7. The molecule has 1 saturated heterocycles. The van der Waals surface area contributed by atoms with Crippen LogP contribution >= 0.6 is 0 Å². The average molecular weight is 349 g/mol. The van der Waals surface area contributed by atoms with Gasteiger partial charge in [-0.15, -0.1) is 0 Å². The van der Waals surface area contributed by atoms with Gasteiger partial charge in [-0.25, -0.2) is 9.59 Å². The monoisotopic (exact) mass is 349 g/mol. The molecule has 1 heterocycles. The molecule has 0 spiro atoms. The lowest BCUT2D eigenvalue weighted by molar-refractivity contribution is 0.0912. The lowest BCUT2D eigenvalue weighted by Crippen LogP contribution is -2.44. The van der Waals surface area contributed by atoms with E-state index in [1.165, 1.54) is 5.56 Å². The molecule has 138 valence electrons. The van der Waals surface area contributed by atoms with E-state index in [2.05, 4.69) is 39.8 Å². The molecule has 2 N–H and O–H groups in total. The standard InChI is InChI=1S/C18H27N3O4/c1-2-19-17(22)24-12-13-25-18(23)20-16-8-10-21(11-9-16)14-15-6-4-3-5-7-15/h3-7,16H,2,8-14H2,1H3,(H,19,22)(H,20,23). The number of alkyl carbamates (subject to hydrolysis) is 2. The van der Waals surface area contributed by atoms with Crippen LogP contribution < -0.4 is 10.6 Å². The Morgan fingerprint density at radius 1 is 1.08 bits per heavy atom. The van der Waals surface area contributed by atoms with E-state index in [1.807, 2.05) is 6.07 Å². The summed E-state index contributed by atoms with van der Waals surface area (Å²) >= 11 is 0. The van der Waals surface area contributed by atoms with Crippen molar-refractivity contribution in [3.8, 4) is 0 Å². The van der Waals surface area contributed by atoms with Gasteiger partial charge in [0.05, 0.1) is 0 Å². The highest BCUT2D eigenvalue weighted by atomic mass is 16.6. The van der Waals surface area contributed by atoms with Gasteiger partial charge < -0.3 is 20.1 Å². The molecule has 0 unspecified atom stereocenters. The van der Waals surface area contributed by atoms with Gasteiger partial charge in [-0.1, -0.05) is 30.3 Å². The van der Waals surface area contributed by atoms with Crippen molar-refractivity contribution in [3.05, 3.63) is 35.9 Å². The van der Waals surface area contributed by atoms with Crippen LogP contribution in [0.3, 0.4) is 0 Å². The second-order valence-corrected chi connectivity index (χ2v) is 5.98. The van der Waals surface area contributed by atoms with Crippen molar-refractivity contribution in [2.75, 3.05) is 32.8 Å². The average Bonchev–Trinajstić information content (AvgIpc) is 2.62. The number of rotatable bonds is 7. The molecule has 1 aliphatic rings. The molecule has 2 rings (SSSR count). The minimum absolute atomic E-state index is 0.0504. The van der Waals surface area contributed by atoms with Gasteiger partial charge in [0.15, 0.2) is 0 Å². The summed E-state index contributed by atoms with van der Waals surface area (Å²) in [4.78, 5) is 25.2. The molecule has 7 heteroatoms. The van der Waals surface area contributed by atoms with Crippen LogP contribution in [0.2, 0.25) is 0 Å². The van der Waals surface area contributed by atoms with Crippen molar-refractivity contribution in [2.24, 2.45) is 0 Å². The lowest BCUT2D eigenvalue weighted by Gasteiger charge is -2.32. The Kier molecular flexibility index (Phi) is 8.04. The molecule has 1 aromatic rings. The van der Waals surface area contributed by atoms with Gasteiger partial charge in [0.2, 0.25) is 0 Å². The van der Waals surface area contributed by atoms with Crippen molar-refractivity contribution in [1.29, 1.82) is 0 Å². The van der Waals surface area contributed by atoms with Crippen molar-refractivity contribution < 1.29 is 19.1 Å². The molecule has 0 bridgehead atoms. The minimum atomic E-state index is -0.503. The summed E-state index contributed by atoms with van der Waals surface area (Å²) in [7, 11) is 0. The molecule has 0 radical (unpaired) electrons. The highest BCUT2D eigenvalue weighted by Gasteiger charge is 2.21. The molecule has 0 aromatic heterocycles. The van der Waals surface area contributed by atoms with Gasteiger partial charge in [0.25, 0.3) is 0 Å². The smallest absolute Gasteiger partial charge is 0.407 e. The first-order valence-electron chi connectivity index (χ1n) is 8.77. The third-order valence-electron chi connectivity index (χ3n) is 4.03. The summed E-state index contributed by atoms with van der Waals surface area (Å²) in [6.07, 6.45) is 0.840. The normalized spacial score (nSPS) is 15.4. The van der Waals surface area contributed by atoms with Gasteiger partial charge >= 0.3 is 12.2 Å². The summed E-state index contributed by atoms with van der Waals surface area (Å²) in [5, 5.41) is 5.37. The second kappa shape index (κ2) is 10.6. The summed E-state index contributed by atoms with van der Waals surface area (Å²) in [5.41, 5.74) is 1.31. The number of nitrogens with one attached hydrogen (secondary N) is 2. The van der Waals surface area contributed by atoms with Crippen LogP contribution in [0.1, 0.15) is 25.3 Å². The number of piperidine rings is 1. The second-order valence-electron chi connectivity index (χ2n) is 5.98. The van der Waals surface area contributed by atoms with Gasteiger partial charge in [-0.3, -0.25) is 4.90 Å². The van der Waals surface area contributed by atoms with E-state index < -0.39 is 12.2 Å². The number of hydrogen-bond acceptors (Lipinski definition) is 5. The van der Waals surface area contributed by atoms with E-state index in [-0.39, 0.29) is 19.3 Å².